The molecule has 0 heterocycles. The third-order valence-electron chi connectivity index (χ3n) is 2.56. The summed E-state index contributed by atoms with van der Waals surface area (Å²) in [4.78, 5) is 11.4. The van der Waals surface area contributed by atoms with Gasteiger partial charge in [-0.1, -0.05) is 30.3 Å². The minimum Gasteiger partial charge on any atom is -0.466 e. The van der Waals surface area contributed by atoms with E-state index < -0.39 is 13.6 Å². The first-order valence-corrected chi connectivity index (χ1v) is 7.32. The van der Waals surface area contributed by atoms with Crippen molar-refractivity contribution in [1.82, 2.24) is 0 Å². The fourth-order valence-corrected chi connectivity index (χ4v) is 2.58. The molecule has 0 amide bonds. The normalized spacial score (nSPS) is 12.3. The number of carbonyl (C=O) groups is 1. The van der Waals surface area contributed by atoms with Crippen LogP contribution in [0.2, 0.25) is 0 Å². The van der Waals surface area contributed by atoms with Crippen molar-refractivity contribution in [2.45, 2.75) is 0 Å². The Bertz CT molecular complexity index is 487. The highest BCUT2D eigenvalue weighted by Gasteiger charge is 2.24. The van der Waals surface area contributed by atoms with E-state index in [1.807, 2.05) is 30.3 Å². The lowest BCUT2D eigenvalue weighted by Crippen LogP contribution is -2.02. The van der Waals surface area contributed by atoms with E-state index in [2.05, 4.69) is 4.74 Å². The van der Waals surface area contributed by atoms with Gasteiger partial charge in [0.15, 0.2) is 0 Å². The van der Waals surface area contributed by atoms with E-state index in [1.54, 1.807) is 0 Å². The van der Waals surface area contributed by atoms with Gasteiger partial charge in [0, 0.05) is 20.3 Å². The number of esters is 1. The van der Waals surface area contributed by atoms with E-state index in [-0.39, 0.29) is 6.16 Å². The number of methoxy groups -OCH3 is 1. The third kappa shape index (κ3) is 4.63. The van der Waals surface area contributed by atoms with E-state index in [9.17, 15) is 9.36 Å². The van der Waals surface area contributed by atoms with Gasteiger partial charge in [-0.25, -0.2) is 4.79 Å². The molecular weight excluding hydrogens is 267 g/mol. The first-order valence-electron chi connectivity index (χ1n) is 5.59. The van der Waals surface area contributed by atoms with E-state index in [0.717, 1.165) is 5.56 Å². The molecule has 0 aliphatic carbocycles. The van der Waals surface area contributed by atoms with Crippen LogP contribution < -0.4 is 0 Å². The van der Waals surface area contributed by atoms with Crippen LogP contribution in [0.15, 0.2) is 36.4 Å². The fourth-order valence-electron chi connectivity index (χ4n) is 1.49. The lowest BCUT2D eigenvalue weighted by Gasteiger charge is -2.15. The molecular formula is C13H17O5P. The van der Waals surface area contributed by atoms with Crippen molar-refractivity contribution in [3.05, 3.63) is 42.0 Å². The molecule has 1 rings (SSSR count). The number of allylic oxidation sites excluding steroid dienone is 1. The molecule has 0 radical (unpaired) electrons. The number of benzene rings is 1. The fraction of sp³-hybridized carbons (Fsp3) is 0.308. The van der Waals surface area contributed by atoms with Gasteiger partial charge in [0.05, 0.1) is 13.3 Å². The highest BCUT2D eigenvalue weighted by molar-refractivity contribution is 7.54. The first-order chi connectivity index (χ1) is 9.04. The minimum absolute atomic E-state index is 0.000880. The van der Waals surface area contributed by atoms with E-state index in [1.165, 1.54) is 27.4 Å². The molecule has 1 aromatic carbocycles. The molecule has 0 fully saturated rings. The standard InChI is InChI=1S/C13H17O5P/c1-16-13(14)9-12(10-19(15,17-2)18-3)11-7-5-4-6-8-11/h4-9H,10H2,1-3H3/b12-9+. The summed E-state index contributed by atoms with van der Waals surface area (Å²) in [7, 11) is 0.661. The first kappa shape index (κ1) is 15.6. The van der Waals surface area contributed by atoms with Crippen molar-refractivity contribution in [2.24, 2.45) is 0 Å². The van der Waals surface area contributed by atoms with Gasteiger partial charge in [0.1, 0.15) is 0 Å². The van der Waals surface area contributed by atoms with Gasteiger partial charge in [0.2, 0.25) is 0 Å². The quantitative estimate of drug-likeness (QED) is 0.456. The average molecular weight is 284 g/mol. The number of ether oxygens (including phenoxy) is 1. The summed E-state index contributed by atoms with van der Waals surface area (Å²) in [6.07, 6.45) is 1.29. The average Bonchev–Trinajstić information content (AvgIpc) is 2.47. The van der Waals surface area contributed by atoms with Crippen LogP contribution in [0.25, 0.3) is 5.57 Å². The van der Waals surface area contributed by atoms with Crippen LogP contribution in [0, 0.1) is 0 Å². The van der Waals surface area contributed by atoms with Crippen LogP contribution in [-0.2, 0) is 23.1 Å². The molecule has 1 aromatic rings. The molecule has 19 heavy (non-hydrogen) atoms. The van der Waals surface area contributed by atoms with Crippen LogP contribution in [0.3, 0.4) is 0 Å². The Labute approximate surface area is 112 Å². The minimum atomic E-state index is -3.25. The lowest BCUT2D eigenvalue weighted by atomic mass is 10.1. The molecule has 6 heteroatoms. The van der Waals surface area contributed by atoms with Crippen LogP contribution in [0.4, 0.5) is 0 Å². The van der Waals surface area contributed by atoms with Crippen LogP contribution in [0.5, 0.6) is 0 Å². The van der Waals surface area contributed by atoms with Gasteiger partial charge in [-0.2, -0.15) is 0 Å². The van der Waals surface area contributed by atoms with Crippen molar-refractivity contribution in [3.63, 3.8) is 0 Å². The summed E-state index contributed by atoms with van der Waals surface area (Å²) in [5.74, 6) is -0.516. The molecule has 0 bridgehead atoms. The number of carbonyl (C=O) groups excluding carboxylic acids is 1. The molecule has 0 spiro atoms. The molecule has 0 unspecified atom stereocenters. The predicted octanol–water partition coefficient (Wildman–Crippen LogP) is 2.73. The zero-order valence-corrected chi connectivity index (χ0v) is 12.1. The second-order valence-corrected chi connectivity index (χ2v) is 5.96. The summed E-state index contributed by atoms with van der Waals surface area (Å²) in [5, 5.41) is 0. The Kier molecular flexibility index (Phi) is 5.96. The summed E-state index contributed by atoms with van der Waals surface area (Å²) >= 11 is 0. The summed E-state index contributed by atoms with van der Waals surface area (Å²) < 4.78 is 26.6. The van der Waals surface area contributed by atoms with Gasteiger partial charge in [-0.05, 0) is 11.1 Å². The number of hydrogen-bond donors (Lipinski definition) is 0. The maximum absolute atomic E-state index is 12.2. The Morgan fingerprint density at radius 3 is 2.21 bits per heavy atom. The van der Waals surface area contributed by atoms with Gasteiger partial charge < -0.3 is 13.8 Å². The van der Waals surface area contributed by atoms with Gasteiger partial charge in [-0.3, -0.25) is 4.57 Å². The molecule has 0 saturated heterocycles. The van der Waals surface area contributed by atoms with E-state index in [0.29, 0.717) is 5.57 Å². The zero-order valence-electron chi connectivity index (χ0n) is 11.2. The number of hydrogen-bond acceptors (Lipinski definition) is 5. The monoisotopic (exact) mass is 284 g/mol. The molecule has 0 aliphatic heterocycles. The Morgan fingerprint density at radius 1 is 1.16 bits per heavy atom. The SMILES string of the molecule is COC(=O)/C=C(\CP(=O)(OC)OC)c1ccccc1. The van der Waals surface area contributed by atoms with Crippen LogP contribution in [-0.4, -0.2) is 33.5 Å². The van der Waals surface area contributed by atoms with Crippen LogP contribution in [0.1, 0.15) is 5.56 Å². The Hall–Kier alpha value is -1.42. The topological polar surface area (TPSA) is 61.8 Å². The maximum Gasteiger partial charge on any atom is 0.334 e. The smallest absolute Gasteiger partial charge is 0.334 e. The second-order valence-electron chi connectivity index (χ2n) is 3.69. The number of rotatable bonds is 6. The predicted molar refractivity (Wildman–Crippen MR) is 72.9 cm³/mol. The van der Waals surface area contributed by atoms with Gasteiger partial charge in [-0.15, -0.1) is 0 Å². The maximum atomic E-state index is 12.2. The zero-order chi connectivity index (χ0) is 14.3. The van der Waals surface area contributed by atoms with Crippen molar-refractivity contribution in [1.29, 1.82) is 0 Å². The second kappa shape index (κ2) is 7.24. The largest absolute Gasteiger partial charge is 0.466 e. The third-order valence-corrected chi connectivity index (χ3v) is 4.40. The molecule has 0 aliphatic rings. The highest BCUT2D eigenvalue weighted by Crippen LogP contribution is 2.49. The van der Waals surface area contributed by atoms with Crippen molar-refractivity contribution >= 4 is 19.1 Å². The summed E-state index contributed by atoms with van der Waals surface area (Å²) in [6, 6.07) is 9.12. The highest BCUT2D eigenvalue weighted by atomic mass is 31.2. The summed E-state index contributed by atoms with van der Waals surface area (Å²) in [5.41, 5.74) is 1.31. The van der Waals surface area contributed by atoms with E-state index in [4.69, 9.17) is 9.05 Å². The Morgan fingerprint density at radius 2 is 1.74 bits per heavy atom. The van der Waals surface area contributed by atoms with Crippen molar-refractivity contribution in [3.8, 4) is 0 Å². The van der Waals surface area contributed by atoms with E-state index >= 15 is 0 Å². The molecule has 5 nitrogen and oxygen atoms in total. The Balaban J connectivity index is 3.11. The van der Waals surface area contributed by atoms with Crippen LogP contribution >= 0.6 is 7.60 Å². The van der Waals surface area contributed by atoms with Gasteiger partial charge in [0.25, 0.3) is 0 Å². The molecule has 0 atom stereocenters. The van der Waals surface area contributed by atoms with Gasteiger partial charge >= 0.3 is 13.6 Å². The molecule has 0 aromatic heterocycles. The summed E-state index contributed by atoms with van der Waals surface area (Å²) in [6.45, 7) is 0. The van der Waals surface area contributed by atoms with Crippen molar-refractivity contribution in [2.75, 3.05) is 27.5 Å². The molecule has 104 valence electrons. The molecule has 0 saturated carbocycles. The lowest BCUT2D eigenvalue weighted by molar-refractivity contribution is -0.134. The van der Waals surface area contributed by atoms with Crippen molar-refractivity contribution < 1.29 is 23.1 Å². The molecule has 0 N–H and O–H groups in total.